The maximum absolute atomic E-state index is 14.1. The minimum absolute atomic E-state index is 0.0163. The first kappa shape index (κ1) is 22.3. The average Bonchev–Trinajstić information content (AvgIpc) is 2.83. The van der Waals surface area contributed by atoms with Gasteiger partial charge in [0.25, 0.3) is 0 Å². The zero-order valence-corrected chi connectivity index (χ0v) is 18.0. The number of amidine groups is 1. The van der Waals surface area contributed by atoms with E-state index in [0.717, 1.165) is 24.9 Å². The highest BCUT2D eigenvalue weighted by atomic mass is 19.1. The molecule has 0 aliphatic carbocycles. The lowest BCUT2D eigenvalue weighted by Crippen LogP contribution is -2.51. The molecule has 4 N–H and O–H groups in total. The zero-order valence-electron chi connectivity index (χ0n) is 18.0. The van der Waals surface area contributed by atoms with E-state index in [1.807, 2.05) is 41.3 Å². The van der Waals surface area contributed by atoms with Gasteiger partial charge in [-0.3, -0.25) is 5.73 Å². The molecule has 0 aromatic heterocycles. The normalized spacial score (nSPS) is 20.1. The summed E-state index contributed by atoms with van der Waals surface area (Å²) in [5.41, 5.74) is 8.16. The summed E-state index contributed by atoms with van der Waals surface area (Å²) >= 11 is 0. The third kappa shape index (κ3) is 5.67. The SMILES string of the molecule is N#Cc1ccc(C2=CC(N3CCC[C@@H](NC(=O)OCc4ccccc4)C3)=NC(N)N2)cc1F. The van der Waals surface area contributed by atoms with Crippen molar-refractivity contribution in [2.24, 2.45) is 10.7 Å². The van der Waals surface area contributed by atoms with E-state index in [1.54, 1.807) is 12.1 Å². The second kappa shape index (κ2) is 10.1. The molecule has 1 unspecified atom stereocenters. The van der Waals surface area contributed by atoms with Gasteiger partial charge >= 0.3 is 6.09 Å². The summed E-state index contributed by atoms with van der Waals surface area (Å²) in [5, 5.41) is 14.9. The van der Waals surface area contributed by atoms with E-state index < -0.39 is 18.2 Å². The van der Waals surface area contributed by atoms with Gasteiger partial charge in [-0.1, -0.05) is 36.4 Å². The lowest BCUT2D eigenvalue weighted by molar-refractivity contribution is 0.130. The van der Waals surface area contributed by atoms with E-state index in [-0.39, 0.29) is 18.2 Å². The van der Waals surface area contributed by atoms with E-state index in [2.05, 4.69) is 15.6 Å². The quantitative estimate of drug-likeness (QED) is 0.662. The lowest BCUT2D eigenvalue weighted by Gasteiger charge is -2.36. The summed E-state index contributed by atoms with van der Waals surface area (Å²) in [6.45, 7) is 1.52. The number of alkyl carbamates (subject to hydrolysis) is 1. The summed E-state index contributed by atoms with van der Waals surface area (Å²) in [6.07, 6.45) is 2.34. The van der Waals surface area contributed by atoms with Gasteiger partial charge in [-0.15, -0.1) is 0 Å². The summed E-state index contributed by atoms with van der Waals surface area (Å²) in [4.78, 5) is 18.8. The molecule has 0 bridgehead atoms. The summed E-state index contributed by atoms with van der Waals surface area (Å²) in [6, 6.07) is 15.6. The molecule has 0 saturated carbocycles. The Morgan fingerprint density at radius 3 is 2.91 bits per heavy atom. The number of hydrogen-bond donors (Lipinski definition) is 3. The Labute approximate surface area is 191 Å². The van der Waals surface area contributed by atoms with Crippen molar-refractivity contribution in [2.75, 3.05) is 13.1 Å². The number of nitrogens with one attached hydrogen (secondary N) is 2. The maximum atomic E-state index is 14.1. The molecule has 2 atom stereocenters. The van der Waals surface area contributed by atoms with Crippen LogP contribution in [0, 0.1) is 17.1 Å². The van der Waals surface area contributed by atoms with E-state index in [4.69, 9.17) is 15.7 Å². The number of likely N-dealkylation sites (tertiary alicyclic amines) is 1. The number of aliphatic imine (C=N–C) groups is 1. The first-order valence-corrected chi connectivity index (χ1v) is 10.8. The van der Waals surface area contributed by atoms with E-state index in [0.29, 0.717) is 23.6 Å². The number of benzene rings is 2. The Morgan fingerprint density at radius 1 is 1.33 bits per heavy atom. The molecule has 2 aromatic rings. The van der Waals surface area contributed by atoms with Crippen LogP contribution in [0.5, 0.6) is 0 Å². The van der Waals surface area contributed by atoms with Gasteiger partial charge in [-0.25, -0.2) is 14.2 Å². The first-order valence-electron chi connectivity index (χ1n) is 10.8. The first-order chi connectivity index (χ1) is 16.0. The number of nitriles is 1. The van der Waals surface area contributed by atoms with Crippen molar-refractivity contribution in [3.63, 3.8) is 0 Å². The smallest absolute Gasteiger partial charge is 0.407 e. The van der Waals surface area contributed by atoms with Gasteiger partial charge in [0.2, 0.25) is 0 Å². The molecular formula is C24H25FN6O2. The largest absolute Gasteiger partial charge is 0.445 e. The van der Waals surface area contributed by atoms with Crippen molar-refractivity contribution in [2.45, 2.75) is 31.8 Å². The summed E-state index contributed by atoms with van der Waals surface area (Å²) in [5.74, 6) is 0.0664. The van der Waals surface area contributed by atoms with Crippen LogP contribution < -0.4 is 16.4 Å². The number of hydrogen-bond acceptors (Lipinski definition) is 7. The van der Waals surface area contributed by atoms with Crippen LogP contribution in [0.3, 0.4) is 0 Å². The molecule has 9 heteroatoms. The number of carbonyl (C=O) groups excluding carboxylic acids is 1. The predicted molar refractivity (Wildman–Crippen MR) is 122 cm³/mol. The van der Waals surface area contributed by atoms with Crippen molar-refractivity contribution < 1.29 is 13.9 Å². The van der Waals surface area contributed by atoms with Gasteiger partial charge in [0.1, 0.15) is 24.3 Å². The Hall–Kier alpha value is -3.90. The number of nitrogens with zero attached hydrogens (tertiary/aromatic N) is 3. The fourth-order valence-electron chi connectivity index (χ4n) is 3.89. The van der Waals surface area contributed by atoms with Gasteiger partial charge in [-0.05, 0) is 30.5 Å². The highest BCUT2D eigenvalue weighted by Gasteiger charge is 2.26. The fourth-order valence-corrected chi connectivity index (χ4v) is 3.89. The molecule has 1 saturated heterocycles. The fraction of sp³-hybridized carbons (Fsp3) is 0.292. The minimum atomic E-state index is -0.692. The molecule has 0 radical (unpaired) electrons. The third-order valence-corrected chi connectivity index (χ3v) is 5.53. The molecule has 1 fully saturated rings. The van der Waals surface area contributed by atoms with Gasteiger partial charge in [0.15, 0.2) is 6.29 Å². The van der Waals surface area contributed by atoms with Crippen molar-refractivity contribution in [1.82, 2.24) is 15.5 Å². The Balaban J connectivity index is 1.40. The molecule has 1 amide bonds. The Kier molecular flexibility index (Phi) is 6.86. The van der Waals surface area contributed by atoms with Crippen LogP contribution in [0.15, 0.2) is 59.6 Å². The molecule has 8 nitrogen and oxygen atoms in total. The van der Waals surface area contributed by atoms with Gasteiger partial charge < -0.3 is 20.3 Å². The van der Waals surface area contributed by atoms with E-state index in [1.165, 1.54) is 12.1 Å². The molecule has 2 aromatic carbocycles. The zero-order chi connectivity index (χ0) is 23.2. The standard InChI is InChI=1S/C24H25FN6O2/c25-20-11-17(8-9-18(20)13-26)21-12-22(30-23(27)29-21)31-10-4-7-19(14-31)28-24(32)33-15-16-5-2-1-3-6-16/h1-3,5-6,8-9,11-12,19,23,29H,4,7,10,14-15,27H2,(H,28,32)/t19-,23?/m1/s1. The summed E-state index contributed by atoms with van der Waals surface area (Å²) in [7, 11) is 0. The van der Waals surface area contributed by atoms with Gasteiger partial charge in [0.05, 0.1) is 5.56 Å². The van der Waals surface area contributed by atoms with Gasteiger partial charge in [0, 0.05) is 36.5 Å². The van der Waals surface area contributed by atoms with Crippen molar-refractivity contribution in [3.8, 4) is 6.07 Å². The number of carbonyl (C=O) groups is 1. The highest BCUT2D eigenvalue weighted by molar-refractivity contribution is 6.00. The molecule has 170 valence electrons. The second-order valence-electron chi connectivity index (χ2n) is 7.93. The van der Waals surface area contributed by atoms with Crippen molar-refractivity contribution in [3.05, 3.63) is 77.1 Å². The molecule has 2 aliphatic heterocycles. The van der Waals surface area contributed by atoms with Crippen LogP contribution in [0.4, 0.5) is 9.18 Å². The molecule has 33 heavy (non-hydrogen) atoms. The Bertz CT molecular complexity index is 1110. The number of nitrogens with two attached hydrogens (primary N) is 1. The number of amides is 1. The van der Waals surface area contributed by atoms with Crippen molar-refractivity contribution >= 4 is 17.6 Å². The third-order valence-electron chi connectivity index (χ3n) is 5.53. The summed E-state index contributed by atoms with van der Waals surface area (Å²) < 4.78 is 19.4. The maximum Gasteiger partial charge on any atom is 0.407 e. The molecule has 2 aliphatic rings. The van der Waals surface area contributed by atoms with Gasteiger partial charge in [-0.2, -0.15) is 5.26 Å². The number of piperidine rings is 1. The topological polar surface area (TPSA) is 116 Å². The Morgan fingerprint density at radius 2 is 2.15 bits per heavy atom. The van der Waals surface area contributed by atoms with Crippen molar-refractivity contribution in [1.29, 1.82) is 5.26 Å². The van der Waals surface area contributed by atoms with Crippen LogP contribution in [0.2, 0.25) is 0 Å². The van der Waals surface area contributed by atoms with Crippen LogP contribution in [0.25, 0.3) is 5.70 Å². The monoisotopic (exact) mass is 448 g/mol. The number of halogens is 1. The minimum Gasteiger partial charge on any atom is -0.445 e. The number of ether oxygens (including phenoxy) is 1. The lowest BCUT2D eigenvalue weighted by atomic mass is 10.0. The van der Waals surface area contributed by atoms with Crippen LogP contribution in [-0.2, 0) is 11.3 Å². The second-order valence-corrected chi connectivity index (χ2v) is 7.93. The van der Waals surface area contributed by atoms with Crippen LogP contribution in [-0.4, -0.2) is 42.2 Å². The predicted octanol–water partition coefficient (Wildman–Crippen LogP) is 2.67. The van der Waals surface area contributed by atoms with Crippen LogP contribution in [0.1, 0.15) is 29.5 Å². The van der Waals surface area contributed by atoms with E-state index >= 15 is 0 Å². The molecule has 2 heterocycles. The van der Waals surface area contributed by atoms with E-state index in [9.17, 15) is 9.18 Å². The highest BCUT2D eigenvalue weighted by Crippen LogP contribution is 2.21. The molecular weight excluding hydrogens is 423 g/mol. The molecule has 0 spiro atoms. The average molecular weight is 449 g/mol. The van der Waals surface area contributed by atoms with Crippen LogP contribution >= 0.6 is 0 Å². The molecule has 4 rings (SSSR count). The number of rotatable bonds is 4.